The molecule has 23 heavy (non-hydrogen) atoms. The van der Waals surface area contributed by atoms with E-state index in [9.17, 15) is 4.79 Å². The third-order valence-corrected chi connectivity index (χ3v) is 3.34. The van der Waals surface area contributed by atoms with Crippen LogP contribution in [0.3, 0.4) is 0 Å². The number of carbonyl (C=O) groups excluding carboxylic acids is 1. The van der Waals surface area contributed by atoms with Gasteiger partial charge in [-0.05, 0) is 37.1 Å². The Bertz CT molecular complexity index is 623. The fourth-order valence-electron chi connectivity index (χ4n) is 2.15. The number of ether oxygens (including phenoxy) is 2. The molecule has 0 atom stereocenters. The van der Waals surface area contributed by atoms with Crippen molar-refractivity contribution in [3.8, 4) is 5.75 Å². The van der Waals surface area contributed by atoms with Crippen LogP contribution in [-0.2, 0) is 22.6 Å². The molecule has 0 aromatic heterocycles. The van der Waals surface area contributed by atoms with Crippen LogP contribution in [0, 0.1) is 6.92 Å². The number of rotatable bonds is 8. The smallest absolute Gasteiger partial charge is 0.344 e. The van der Waals surface area contributed by atoms with Gasteiger partial charge < -0.3 is 14.8 Å². The van der Waals surface area contributed by atoms with Crippen molar-refractivity contribution in [2.75, 3.05) is 13.2 Å². The molecule has 0 aliphatic rings. The number of nitrogens with one attached hydrogen (secondary N) is 1. The molecule has 0 fully saturated rings. The van der Waals surface area contributed by atoms with E-state index >= 15 is 0 Å². The standard InChI is InChI=1S/C19H23NO3/c1-3-22-19(21)14-23-18-6-4-5-17(11-18)13-20-12-16-9-7-15(2)8-10-16/h4-11,20H,3,12-14H2,1-2H3. The zero-order chi connectivity index (χ0) is 16.5. The zero-order valence-electron chi connectivity index (χ0n) is 13.7. The highest BCUT2D eigenvalue weighted by Gasteiger charge is 2.03. The summed E-state index contributed by atoms with van der Waals surface area (Å²) in [5, 5.41) is 3.40. The zero-order valence-corrected chi connectivity index (χ0v) is 13.7. The Morgan fingerprint density at radius 1 is 1.04 bits per heavy atom. The number of hydrogen-bond donors (Lipinski definition) is 1. The molecule has 0 saturated carbocycles. The van der Waals surface area contributed by atoms with Crippen LogP contribution in [0.2, 0.25) is 0 Å². The second kappa shape index (κ2) is 8.96. The monoisotopic (exact) mass is 313 g/mol. The van der Waals surface area contributed by atoms with Crippen LogP contribution in [0.15, 0.2) is 48.5 Å². The topological polar surface area (TPSA) is 47.6 Å². The fourth-order valence-corrected chi connectivity index (χ4v) is 2.15. The van der Waals surface area contributed by atoms with Crippen molar-refractivity contribution >= 4 is 5.97 Å². The molecular weight excluding hydrogens is 290 g/mol. The molecular formula is C19H23NO3. The summed E-state index contributed by atoms with van der Waals surface area (Å²) in [6.07, 6.45) is 0. The van der Waals surface area contributed by atoms with E-state index in [1.54, 1.807) is 6.92 Å². The fraction of sp³-hybridized carbons (Fsp3) is 0.316. The SMILES string of the molecule is CCOC(=O)COc1cccc(CNCc2ccc(C)cc2)c1. The van der Waals surface area contributed by atoms with Crippen LogP contribution in [-0.4, -0.2) is 19.2 Å². The van der Waals surface area contributed by atoms with E-state index in [1.807, 2.05) is 24.3 Å². The van der Waals surface area contributed by atoms with Crippen molar-refractivity contribution in [2.24, 2.45) is 0 Å². The Labute approximate surface area is 137 Å². The molecule has 2 aromatic rings. The van der Waals surface area contributed by atoms with E-state index in [0.29, 0.717) is 12.4 Å². The van der Waals surface area contributed by atoms with Crippen molar-refractivity contribution in [3.63, 3.8) is 0 Å². The van der Waals surface area contributed by atoms with Crippen LogP contribution in [0.4, 0.5) is 0 Å². The summed E-state index contributed by atoms with van der Waals surface area (Å²) >= 11 is 0. The van der Waals surface area contributed by atoms with Gasteiger partial charge in [0.15, 0.2) is 6.61 Å². The van der Waals surface area contributed by atoms with Gasteiger partial charge in [-0.2, -0.15) is 0 Å². The quantitative estimate of drug-likeness (QED) is 0.760. The van der Waals surface area contributed by atoms with Crippen molar-refractivity contribution in [1.29, 1.82) is 0 Å². The van der Waals surface area contributed by atoms with Crippen LogP contribution < -0.4 is 10.1 Å². The number of benzene rings is 2. The maximum Gasteiger partial charge on any atom is 0.344 e. The van der Waals surface area contributed by atoms with E-state index < -0.39 is 0 Å². The molecule has 2 rings (SSSR count). The summed E-state index contributed by atoms with van der Waals surface area (Å²) in [6, 6.07) is 16.2. The first kappa shape index (κ1) is 17.0. The molecule has 4 heteroatoms. The Hall–Kier alpha value is -2.33. The minimum absolute atomic E-state index is 0.0614. The van der Waals surface area contributed by atoms with Gasteiger partial charge in [-0.3, -0.25) is 0 Å². The second-order valence-electron chi connectivity index (χ2n) is 5.33. The molecule has 0 unspecified atom stereocenters. The van der Waals surface area contributed by atoms with Crippen LogP contribution in [0.1, 0.15) is 23.6 Å². The molecule has 0 spiro atoms. The third kappa shape index (κ3) is 6.12. The lowest BCUT2D eigenvalue weighted by Gasteiger charge is -2.09. The highest BCUT2D eigenvalue weighted by Crippen LogP contribution is 2.13. The summed E-state index contributed by atoms with van der Waals surface area (Å²) in [6.45, 7) is 5.72. The van der Waals surface area contributed by atoms with Crippen LogP contribution in [0.5, 0.6) is 5.75 Å². The van der Waals surface area contributed by atoms with E-state index in [2.05, 4.69) is 36.5 Å². The lowest BCUT2D eigenvalue weighted by molar-refractivity contribution is -0.145. The van der Waals surface area contributed by atoms with Gasteiger partial charge >= 0.3 is 5.97 Å². The Morgan fingerprint density at radius 2 is 1.78 bits per heavy atom. The minimum atomic E-state index is -0.351. The first-order valence-corrected chi connectivity index (χ1v) is 7.81. The lowest BCUT2D eigenvalue weighted by atomic mass is 10.1. The highest BCUT2D eigenvalue weighted by atomic mass is 16.6. The van der Waals surface area contributed by atoms with Crippen molar-refractivity contribution in [1.82, 2.24) is 5.32 Å². The molecule has 0 aliphatic heterocycles. The molecule has 122 valence electrons. The van der Waals surface area contributed by atoms with Gasteiger partial charge in [0.05, 0.1) is 6.61 Å². The molecule has 0 amide bonds. The van der Waals surface area contributed by atoms with Crippen molar-refractivity contribution < 1.29 is 14.3 Å². The average molecular weight is 313 g/mol. The van der Waals surface area contributed by atoms with Gasteiger partial charge in [-0.1, -0.05) is 42.0 Å². The van der Waals surface area contributed by atoms with Crippen molar-refractivity contribution in [3.05, 3.63) is 65.2 Å². The first-order valence-electron chi connectivity index (χ1n) is 7.81. The molecule has 0 aliphatic carbocycles. The van der Waals surface area contributed by atoms with Crippen molar-refractivity contribution in [2.45, 2.75) is 26.9 Å². The van der Waals surface area contributed by atoms with Crippen LogP contribution >= 0.6 is 0 Å². The Balaban J connectivity index is 1.80. The Kier molecular flexibility index (Phi) is 6.63. The maximum atomic E-state index is 11.3. The van der Waals surface area contributed by atoms with E-state index in [-0.39, 0.29) is 12.6 Å². The third-order valence-electron chi connectivity index (χ3n) is 3.34. The molecule has 0 radical (unpaired) electrons. The maximum absolute atomic E-state index is 11.3. The number of esters is 1. The molecule has 1 N–H and O–H groups in total. The largest absolute Gasteiger partial charge is 0.482 e. The number of carbonyl (C=O) groups is 1. The molecule has 2 aromatic carbocycles. The number of hydrogen-bond acceptors (Lipinski definition) is 4. The minimum Gasteiger partial charge on any atom is -0.482 e. The predicted octanol–water partition coefficient (Wildman–Crippen LogP) is 3.23. The molecule has 0 saturated heterocycles. The Morgan fingerprint density at radius 3 is 2.52 bits per heavy atom. The molecule has 0 heterocycles. The van der Waals surface area contributed by atoms with Gasteiger partial charge in [0.2, 0.25) is 0 Å². The average Bonchev–Trinajstić information content (AvgIpc) is 2.56. The lowest BCUT2D eigenvalue weighted by Crippen LogP contribution is -2.15. The second-order valence-corrected chi connectivity index (χ2v) is 5.33. The van der Waals surface area contributed by atoms with Gasteiger partial charge in [-0.25, -0.2) is 4.79 Å². The summed E-state index contributed by atoms with van der Waals surface area (Å²) in [5.41, 5.74) is 3.63. The van der Waals surface area contributed by atoms with Gasteiger partial charge in [0.25, 0.3) is 0 Å². The normalized spacial score (nSPS) is 10.3. The van der Waals surface area contributed by atoms with E-state index in [1.165, 1.54) is 11.1 Å². The van der Waals surface area contributed by atoms with Gasteiger partial charge in [-0.15, -0.1) is 0 Å². The number of aryl methyl sites for hydroxylation is 1. The first-order chi connectivity index (χ1) is 11.2. The summed E-state index contributed by atoms with van der Waals surface area (Å²) in [4.78, 5) is 11.3. The summed E-state index contributed by atoms with van der Waals surface area (Å²) in [5.74, 6) is 0.322. The molecule has 4 nitrogen and oxygen atoms in total. The highest BCUT2D eigenvalue weighted by molar-refractivity contribution is 5.71. The van der Waals surface area contributed by atoms with Gasteiger partial charge in [0, 0.05) is 13.1 Å². The molecule has 0 bridgehead atoms. The summed E-state index contributed by atoms with van der Waals surface area (Å²) < 4.78 is 10.3. The van der Waals surface area contributed by atoms with Gasteiger partial charge in [0.1, 0.15) is 5.75 Å². The van der Waals surface area contributed by atoms with E-state index in [4.69, 9.17) is 9.47 Å². The predicted molar refractivity (Wildman–Crippen MR) is 90.3 cm³/mol. The van der Waals surface area contributed by atoms with E-state index in [0.717, 1.165) is 18.7 Å². The summed E-state index contributed by atoms with van der Waals surface area (Å²) in [7, 11) is 0. The van der Waals surface area contributed by atoms with Crippen LogP contribution in [0.25, 0.3) is 0 Å².